The van der Waals surface area contributed by atoms with E-state index in [1.54, 1.807) is 128 Å². The van der Waals surface area contributed by atoms with Crippen molar-refractivity contribution in [1.29, 1.82) is 0 Å². The van der Waals surface area contributed by atoms with Gasteiger partial charge in [-0.25, -0.2) is 19.9 Å². The highest BCUT2D eigenvalue weighted by Crippen LogP contribution is 2.46. The standard InChI is InChI=1S/C32H28F6N2O5.C32H28F6N2O4.C12H9NO2.C7H6O2.C5H4ClN.2CH4.FH/c33-31(34,35)44-26-12-6-23(7-13-26)29(24-8-14-27(15-9-24)45-32(36,37)38)30(41)16-19-40(42,20-17-30)21-22-4-10-25(11-5-22)43-28-3-1-2-18-39-28;33-31(34,35)43-26-12-6-23(7-13-26)29(24-8-14-27(15-9-24)44-32(36,37)38)30(41)16-19-40(20-17-30)21-22-4-10-25(11-5-22)42-28-3-1-2-18-39-28;14-9-10-4-6-11(7-5-10)15-12-3-1-2-8-13-12;8-5-6-1-3-7(9)4-2-6;6-5-3-1-2-4-7-5;;;/h1-15,18,29,41H,16-17,19-21H2;1-15,18,29,41H,16-17,19-21H2;1-9H;1-5,9H;1-4H;2*1H4;1H. The van der Waals surface area contributed by atoms with E-state index < -0.39 is 76.1 Å². The summed E-state index contributed by atoms with van der Waals surface area (Å²) in [4.78, 5) is 38.6. The van der Waals surface area contributed by atoms with Gasteiger partial charge in [0.05, 0.1) is 24.3 Å². The van der Waals surface area contributed by atoms with Crippen LogP contribution in [0.3, 0.4) is 0 Å². The fourth-order valence-corrected chi connectivity index (χ4v) is 13.1. The number of hydroxylamine groups is 3. The maximum atomic E-state index is 13.7. The van der Waals surface area contributed by atoms with Gasteiger partial charge in [0.25, 0.3) is 0 Å². The first-order valence-electron chi connectivity index (χ1n) is 36.6. The summed E-state index contributed by atoms with van der Waals surface area (Å²) in [6.45, 7) is 1.77. The van der Waals surface area contributed by atoms with Gasteiger partial charge in [-0.05, 0) is 204 Å². The van der Waals surface area contributed by atoms with E-state index in [9.17, 15) is 77.7 Å². The molecule has 4 aromatic heterocycles. The summed E-state index contributed by atoms with van der Waals surface area (Å²) in [7, 11) is 0. The van der Waals surface area contributed by atoms with Gasteiger partial charge in [0.2, 0.25) is 17.6 Å². The number of likely N-dealkylation sites (tertiary alicyclic amines) is 2. The number of piperidine rings is 2. The molecule has 0 radical (unpaired) electrons. The van der Waals surface area contributed by atoms with Gasteiger partial charge in [-0.3, -0.25) is 19.2 Å². The Kier molecular flexibility index (Phi) is 35.4. The van der Waals surface area contributed by atoms with Crippen LogP contribution in [0, 0.1) is 5.21 Å². The van der Waals surface area contributed by atoms with E-state index >= 15 is 0 Å². The lowest BCUT2D eigenvalue weighted by atomic mass is 9.72. The molecule has 0 spiro atoms. The lowest BCUT2D eigenvalue weighted by Gasteiger charge is -2.51. The topological polar surface area (TPSA) is 237 Å². The lowest BCUT2D eigenvalue weighted by molar-refractivity contribution is -0.901. The van der Waals surface area contributed by atoms with Crippen molar-refractivity contribution in [1.82, 2.24) is 24.8 Å². The van der Waals surface area contributed by atoms with E-state index in [0.29, 0.717) is 106 Å². The van der Waals surface area contributed by atoms with Gasteiger partial charge >= 0.3 is 25.4 Å². The number of aromatic hydroxyl groups is 1. The number of aldehydes is 2. The summed E-state index contributed by atoms with van der Waals surface area (Å²) in [5.41, 5.74) is 1.88. The summed E-state index contributed by atoms with van der Waals surface area (Å²) >= 11 is 5.43. The van der Waals surface area contributed by atoms with Gasteiger partial charge < -0.3 is 58.3 Å². The number of pyridine rings is 4. The molecule has 650 valence electrons. The molecule has 0 unspecified atom stereocenters. The van der Waals surface area contributed by atoms with Crippen LogP contribution in [0.5, 0.6) is 63.6 Å². The molecule has 2 aliphatic heterocycles. The summed E-state index contributed by atoms with van der Waals surface area (Å²) in [6.07, 6.45) is -10.8. The first-order chi connectivity index (χ1) is 57.1. The Hall–Kier alpha value is -12.7. The van der Waals surface area contributed by atoms with Crippen molar-refractivity contribution in [2.45, 2.75) is 102 Å². The maximum absolute atomic E-state index is 13.7. The van der Waals surface area contributed by atoms with Gasteiger partial charge in [-0.15, -0.1) is 52.7 Å². The average molecular weight is 1740 g/mol. The highest BCUT2D eigenvalue weighted by molar-refractivity contribution is 6.29. The van der Waals surface area contributed by atoms with Crippen LogP contribution in [0.25, 0.3) is 0 Å². The molecule has 33 heteroatoms. The molecule has 123 heavy (non-hydrogen) atoms. The van der Waals surface area contributed by atoms with Crippen molar-refractivity contribution in [3.8, 4) is 63.6 Å². The highest BCUT2D eigenvalue weighted by atomic mass is 35.5. The molecule has 6 heterocycles. The number of quaternary nitrogens is 1. The van der Waals surface area contributed by atoms with Crippen LogP contribution in [0.15, 0.2) is 292 Å². The minimum atomic E-state index is -4.90. The van der Waals surface area contributed by atoms with Crippen LogP contribution in [0.4, 0.5) is 57.4 Å². The number of aliphatic hydroxyl groups is 2. The zero-order valence-corrected chi connectivity index (χ0v) is 64.3. The molecule has 0 saturated carbocycles. The number of carbonyl (C=O) groups is 2. The Labute approximate surface area is 704 Å². The largest absolute Gasteiger partial charge is 0.633 e. The molecule has 0 atom stereocenters. The number of hydrogen-bond donors (Lipinski definition) is 3. The Morgan fingerprint density at radius 1 is 0.398 bits per heavy atom. The van der Waals surface area contributed by atoms with E-state index in [0.717, 1.165) is 72.2 Å². The highest BCUT2D eigenvalue weighted by Gasteiger charge is 2.46. The van der Waals surface area contributed by atoms with Crippen molar-refractivity contribution in [3.05, 3.63) is 347 Å². The quantitative estimate of drug-likeness (QED) is 0.0188. The number of hydrogen-bond acceptors (Lipinski definition) is 18. The average Bonchev–Trinajstić information content (AvgIpc) is 0.777. The minimum absolute atomic E-state index is 0. The number of alkyl halides is 12. The molecule has 2 fully saturated rings. The maximum Gasteiger partial charge on any atom is 0.573 e. The van der Waals surface area contributed by atoms with Crippen LogP contribution >= 0.6 is 11.6 Å². The van der Waals surface area contributed by atoms with Crippen LogP contribution < -0.4 is 33.2 Å². The normalized spacial score (nSPS) is 15.4. The number of rotatable bonds is 22. The third-order valence-electron chi connectivity index (χ3n) is 18.5. The van der Waals surface area contributed by atoms with E-state index in [4.69, 9.17) is 30.9 Å². The van der Waals surface area contributed by atoms with Crippen molar-refractivity contribution in [3.63, 3.8) is 0 Å². The third kappa shape index (κ3) is 32.0. The molecule has 3 N–H and O–H groups in total. The number of ether oxygens (including phenoxy) is 7. The van der Waals surface area contributed by atoms with Crippen LogP contribution in [-0.4, -0.2) is 120 Å². The smallest absolute Gasteiger partial charge is 0.573 e. The second-order valence-corrected chi connectivity index (χ2v) is 27.5. The Balaban J connectivity index is 0.000000246. The molecule has 19 nitrogen and oxygen atoms in total. The van der Waals surface area contributed by atoms with Crippen LogP contribution in [-0.2, 0) is 13.1 Å². The lowest BCUT2D eigenvalue weighted by Crippen LogP contribution is -2.55. The fraction of sp³-hybridized carbons (Fsp3) is 0.222. The number of phenols is 1. The molecule has 2 saturated heterocycles. The molecular formula is C90H84ClF13N6O13. The molecular weight excluding hydrogens is 1660 g/mol. The first kappa shape index (κ1) is 97.4. The van der Waals surface area contributed by atoms with Crippen LogP contribution in [0.1, 0.15) is 106 Å². The summed E-state index contributed by atoms with van der Waals surface area (Å²) in [6, 6.07) is 69.1. The molecule has 12 aromatic rings. The second kappa shape index (κ2) is 44.7. The van der Waals surface area contributed by atoms with Gasteiger partial charge in [-0.2, -0.15) is 0 Å². The molecule has 0 bridgehead atoms. The molecule has 8 aromatic carbocycles. The molecule has 2 aliphatic rings. The van der Waals surface area contributed by atoms with Gasteiger partial charge in [-0.1, -0.05) is 111 Å². The predicted molar refractivity (Wildman–Crippen MR) is 433 cm³/mol. The number of phenolic OH excluding ortho intramolecular Hbond substituents is 1. The fourth-order valence-electron chi connectivity index (χ4n) is 12.9. The van der Waals surface area contributed by atoms with Gasteiger partial charge in [0, 0.05) is 104 Å². The molecule has 14 rings (SSSR count). The van der Waals surface area contributed by atoms with Crippen LogP contribution in [0.2, 0.25) is 5.15 Å². The van der Waals surface area contributed by atoms with Gasteiger partial charge in [0.1, 0.15) is 70.3 Å². The minimum Gasteiger partial charge on any atom is -0.633 e. The third-order valence-corrected chi connectivity index (χ3v) is 18.7. The molecule has 0 aliphatic carbocycles. The van der Waals surface area contributed by atoms with E-state index in [1.165, 1.54) is 60.7 Å². The van der Waals surface area contributed by atoms with Crippen molar-refractivity contribution in [2.24, 2.45) is 0 Å². The van der Waals surface area contributed by atoms with E-state index in [2.05, 4.69) is 43.8 Å². The SMILES string of the molecule is C.C.Clc1ccccn1.F.O=Cc1ccc(O)cc1.O=Cc1ccc(Oc2ccccn2)cc1.OC1(C(c2ccc(OC(F)(F)F)cc2)c2ccc(OC(F)(F)F)cc2)CCN(Cc2ccc(Oc3ccccn3)cc2)CC1.[O-][N+]1(Cc2ccc(Oc3ccccn3)cc2)CCC(O)(C(c2ccc(OC(F)(F)F)cc2)c2ccc(OC(F)(F)F)cc2)CC1. The zero-order chi connectivity index (χ0) is 86.0. The van der Waals surface area contributed by atoms with Crippen molar-refractivity contribution < 1.29 is 120 Å². The number of carbonyl (C=O) groups excluding carboxylic acids is 2. The zero-order valence-electron chi connectivity index (χ0n) is 63.5. The Morgan fingerprint density at radius 2 is 0.683 bits per heavy atom. The summed E-state index contributed by atoms with van der Waals surface area (Å²) in [5, 5.41) is 46.9. The number of nitrogens with zero attached hydrogens (tertiary/aromatic N) is 6. The van der Waals surface area contributed by atoms with Crippen molar-refractivity contribution in [2.75, 3.05) is 26.2 Å². The van der Waals surface area contributed by atoms with Crippen molar-refractivity contribution >= 4 is 24.2 Å². The summed E-state index contributed by atoms with van der Waals surface area (Å²) in [5.74, 6) is 0.0631. The first-order valence-corrected chi connectivity index (χ1v) is 37.0. The predicted octanol–water partition coefficient (Wildman–Crippen LogP) is 22.7. The summed E-state index contributed by atoms with van der Waals surface area (Å²) < 4.78 is 185. The Morgan fingerprint density at radius 3 is 0.959 bits per heavy atom. The van der Waals surface area contributed by atoms with Gasteiger partial charge in [0.15, 0.2) is 0 Å². The monoisotopic (exact) mass is 1740 g/mol. The van der Waals surface area contributed by atoms with E-state index in [-0.39, 0.29) is 57.8 Å². The van der Waals surface area contributed by atoms with E-state index in [1.807, 2.05) is 54.6 Å². The second-order valence-electron chi connectivity index (χ2n) is 27.1. The number of benzene rings is 8. The molecule has 0 amide bonds. The number of aromatic nitrogens is 4. The Bertz CT molecular complexity index is 4980. The number of halogens is 14.